The van der Waals surface area contributed by atoms with E-state index in [1.165, 1.54) is 0 Å². The van der Waals surface area contributed by atoms with E-state index in [-0.39, 0.29) is 17.2 Å². The van der Waals surface area contributed by atoms with Crippen LogP contribution in [0.1, 0.15) is 25.8 Å². The Kier molecular flexibility index (Phi) is 6.29. The molecule has 0 aromatic heterocycles. The van der Waals surface area contributed by atoms with Crippen molar-refractivity contribution in [3.8, 4) is 5.75 Å². The molecule has 2 aromatic carbocycles. The van der Waals surface area contributed by atoms with Crippen LogP contribution in [-0.4, -0.2) is 41.5 Å². The molecule has 1 aliphatic rings. The minimum absolute atomic E-state index is 0.00809. The third kappa shape index (κ3) is 4.68. The van der Waals surface area contributed by atoms with Crippen LogP contribution in [0.4, 0.5) is 5.69 Å². The van der Waals surface area contributed by atoms with Gasteiger partial charge in [0.15, 0.2) is 0 Å². The fourth-order valence-corrected chi connectivity index (χ4v) is 4.46. The molecule has 28 heavy (non-hydrogen) atoms. The average Bonchev–Trinajstić information content (AvgIpc) is 3.19. The SMILES string of the molecule is COc1ccc(NC(=O)C2CSCN2C(=O)CC(C)(C)c2ccccc2)cc1. The molecular formula is C22H26N2O3S. The third-order valence-electron chi connectivity index (χ3n) is 5.01. The fourth-order valence-electron chi connectivity index (χ4n) is 3.28. The van der Waals surface area contributed by atoms with Gasteiger partial charge in [-0.25, -0.2) is 0 Å². The van der Waals surface area contributed by atoms with Gasteiger partial charge < -0.3 is 15.0 Å². The molecule has 0 spiro atoms. The van der Waals surface area contributed by atoms with Crippen LogP contribution in [0.25, 0.3) is 0 Å². The molecule has 3 rings (SSSR count). The fraction of sp³-hybridized carbons (Fsp3) is 0.364. The normalized spacial score (nSPS) is 16.7. The molecule has 1 unspecified atom stereocenters. The first kappa shape index (κ1) is 20.3. The maximum atomic E-state index is 13.0. The molecule has 0 aliphatic carbocycles. The van der Waals surface area contributed by atoms with Crippen molar-refractivity contribution in [1.29, 1.82) is 0 Å². The molecular weight excluding hydrogens is 372 g/mol. The number of hydrogen-bond acceptors (Lipinski definition) is 4. The van der Waals surface area contributed by atoms with Gasteiger partial charge in [-0.1, -0.05) is 44.2 Å². The van der Waals surface area contributed by atoms with E-state index in [1.54, 1.807) is 48.0 Å². The molecule has 1 atom stereocenters. The maximum absolute atomic E-state index is 13.0. The molecule has 1 N–H and O–H groups in total. The van der Waals surface area contributed by atoms with Crippen LogP contribution in [0, 0.1) is 0 Å². The highest BCUT2D eigenvalue weighted by atomic mass is 32.2. The first-order valence-corrected chi connectivity index (χ1v) is 10.4. The van der Waals surface area contributed by atoms with Crippen molar-refractivity contribution >= 4 is 29.3 Å². The second-order valence-electron chi connectivity index (χ2n) is 7.52. The summed E-state index contributed by atoms with van der Waals surface area (Å²) in [4.78, 5) is 27.5. The van der Waals surface area contributed by atoms with E-state index in [0.717, 1.165) is 11.3 Å². The Morgan fingerprint density at radius 3 is 2.46 bits per heavy atom. The van der Waals surface area contributed by atoms with Crippen molar-refractivity contribution in [1.82, 2.24) is 4.90 Å². The Labute approximate surface area is 170 Å². The Morgan fingerprint density at radius 2 is 1.82 bits per heavy atom. The van der Waals surface area contributed by atoms with Crippen molar-refractivity contribution < 1.29 is 14.3 Å². The topological polar surface area (TPSA) is 58.6 Å². The van der Waals surface area contributed by atoms with Crippen LogP contribution in [0.5, 0.6) is 5.75 Å². The van der Waals surface area contributed by atoms with E-state index < -0.39 is 6.04 Å². The van der Waals surface area contributed by atoms with Gasteiger partial charge in [0.2, 0.25) is 11.8 Å². The van der Waals surface area contributed by atoms with E-state index in [9.17, 15) is 9.59 Å². The summed E-state index contributed by atoms with van der Waals surface area (Å²) < 4.78 is 5.14. The number of nitrogens with zero attached hydrogens (tertiary/aromatic N) is 1. The number of carbonyl (C=O) groups is 2. The highest BCUT2D eigenvalue weighted by Gasteiger charge is 2.37. The first-order chi connectivity index (χ1) is 13.4. The van der Waals surface area contributed by atoms with Crippen molar-refractivity contribution in [3.63, 3.8) is 0 Å². The average molecular weight is 399 g/mol. The number of rotatable bonds is 6. The van der Waals surface area contributed by atoms with Crippen molar-refractivity contribution in [3.05, 3.63) is 60.2 Å². The molecule has 6 heteroatoms. The summed E-state index contributed by atoms with van der Waals surface area (Å²) in [5.41, 5.74) is 1.52. The lowest BCUT2D eigenvalue weighted by Crippen LogP contribution is -2.46. The van der Waals surface area contributed by atoms with Crippen molar-refractivity contribution in [2.45, 2.75) is 31.7 Å². The zero-order valence-electron chi connectivity index (χ0n) is 16.5. The van der Waals surface area contributed by atoms with Gasteiger partial charge in [0.25, 0.3) is 0 Å². The van der Waals surface area contributed by atoms with Gasteiger partial charge in [-0.2, -0.15) is 0 Å². The van der Waals surface area contributed by atoms with Gasteiger partial charge in [0.05, 0.1) is 13.0 Å². The number of ether oxygens (including phenoxy) is 1. The molecule has 2 aromatic rings. The quantitative estimate of drug-likeness (QED) is 0.802. The van der Waals surface area contributed by atoms with E-state index in [0.29, 0.717) is 23.7 Å². The summed E-state index contributed by atoms with van der Waals surface area (Å²) >= 11 is 1.61. The molecule has 1 aliphatic heterocycles. The summed E-state index contributed by atoms with van der Waals surface area (Å²) in [6.07, 6.45) is 0.365. The Bertz CT molecular complexity index is 821. The Balaban J connectivity index is 1.66. The monoisotopic (exact) mass is 398 g/mol. The number of amides is 2. The van der Waals surface area contributed by atoms with E-state index in [1.807, 2.05) is 30.3 Å². The molecule has 1 fully saturated rings. The molecule has 5 nitrogen and oxygen atoms in total. The lowest BCUT2D eigenvalue weighted by atomic mass is 9.81. The number of carbonyl (C=O) groups excluding carboxylic acids is 2. The highest BCUT2D eigenvalue weighted by Crippen LogP contribution is 2.30. The van der Waals surface area contributed by atoms with Gasteiger partial charge in [0, 0.05) is 17.9 Å². The van der Waals surface area contributed by atoms with E-state index >= 15 is 0 Å². The lowest BCUT2D eigenvalue weighted by Gasteiger charge is -2.29. The molecule has 2 amide bonds. The second-order valence-corrected chi connectivity index (χ2v) is 8.52. The number of hydrogen-bond donors (Lipinski definition) is 1. The number of thioether (sulfide) groups is 1. The standard InChI is InChI=1S/C22H26N2O3S/c1-22(2,16-7-5-4-6-8-16)13-20(25)24-15-28-14-19(24)21(26)23-17-9-11-18(27-3)12-10-17/h4-12,19H,13-15H2,1-3H3,(H,23,26). The van der Waals surface area contributed by atoms with Crippen LogP contribution in [0.15, 0.2) is 54.6 Å². The zero-order chi connectivity index (χ0) is 20.1. The number of anilines is 1. The van der Waals surface area contributed by atoms with Crippen LogP contribution < -0.4 is 10.1 Å². The second kappa shape index (κ2) is 8.69. The van der Waals surface area contributed by atoms with Gasteiger partial charge in [0.1, 0.15) is 11.8 Å². The van der Waals surface area contributed by atoms with Gasteiger partial charge in [-0.15, -0.1) is 11.8 Å². The zero-order valence-corrected chi connectivity index (χ0v) is 17.3. The highest BCUT2D eigenvalue weighted by molar-refractivity contribution is 7.99. The largest absolute Gasteiger partial charge is 0.497 e. The number of nitrogens with one attached hydrogen (secondary N) is 1. The maximum Gasteiger partial charge on any atom is 0.248 e. The molecule has 0 saturated carbocycles. The predicted octanol–water partition coefficient (Wildman–Crippen LogP) is 3.90. The van der Waals surface area contributed by atoms with Gasteiger partial charge in [-0.05, 0) is 35.2 Å². The minimum Gasteiger partial charge on any atom is -0.497 e. The van der Waals surface area contributed by atoms with Crippen LogP contribution >= 0.6 is 11.8 Å². The molecule has 1 saturated heterocycles. The van der Waals surface area contributed by atoms with E-state index in [2.05, 4.69) is 19.2 Å². The predicted molar refractivity (Wildman–Crippen MR) is 114 cm³/mol. The molecule has 0 radical (unpaired) electrons. The van der Waals surface area contributed by atoms with Gasteiger partial charge in [-0.3, -0.25) is 9.59 Å². The summed E-state index contributed by atoms with van der Waals surface area (Å²) in [7, 11) is 1.60. The van der Waals surface area contributed by atoms with Crippen molar-refractivity contribution in [2.75, 3.05) is 24.1 Å². The third-order valence-corrected chi connectivity index (χ3v) is 6.02. The smallest absolute Gasteiger partial charge is 0.248 e. The summed E-state index contributed by atoms with van der Waals surface area (Å²) in [5, 5.41) is 2.91. The Hall–Kier alpha value is -2.47. The van der Waals surface area contributed by atoms with Crippen LogP contribution in [0.3, 0.4) is 0 Å². The van der Waals surface area contributed by atoms with Crippen LogP contribution in [-0.2, 0) is 15.0 Å². The number of benzene rings is 2. The first-order valence-electron chi connectivity index (χ1n) is 9.28. The summed E-state index contributed by atoms with van der Waals surface area (Å²) in [5.74, 6) is 1.74. The van der Waals surface area contributed by atoms with E-state index in [4.69, 9.17) is 4.74 Å². The minimum atomic E-state index is -0.453. The van der Waals surface area contributed by atoms with Crippen LogP contribution in [0.2, 0.25) is 0 Å². The van der Waals surface area contributed by atoms with Gasteiger partial charge >= 0.3 is 0 Å². The number of methoxy groups -OCH3 is 1. The Morgan fingerprint density at radius 1 is 1.14 bits per heavy atom. The molecule has 1 heterocycles. The molecule has 148 valence electrons. The molecule has 0 bridgehead atoms. The lowest BCUT2D eigenvalue weighted by molar-refractivity contribution is -0.137. The summed E-state index contributed by atoms with van der Waals surface area (Å²) in [6, 6.07) is 16.8. The summed E-state index contributed by atoms with van der Waals surface area (Å²) in [6.45, 7) is 4.13. The van der Waals surface area contributed by atoms with Crippen molar-refractivity contribution in [2.24, 2.45) is 0 Å².